The van der Waals surface area contributed by atoms with Gasteiger partial charge in [-0.25, -0.2) is 9.78 Å². The van der Waals surface area contributed by atoms with Crippen molar-refractivity contribution in [3.63, 3.8) is 0 Å². The second kappa shape index (κ2) is 8.83. The van der Waals surface area contributed by atoms with Crippen LogP contribution < -0.4 is 16.0 Å². The summed E-state index contributed by atoms with van der Waals surface area (Å²) >= 11 is 1.21. The van der Waals surface area contributed by atoms with Crippen molar-refractivity contribution in [1.29, 1.82) is 5.26 Å². The Hall–Kier alpha value is -2.64. The van der Waals surface area contributed by atoms with Crippen molar-refractivity contribution in [1.82, 2.24) is 10.3 Å². The Morgan fingerprint density at radius 3 is 2.70 bits per heavy atom. The Morgan fingerprint density at radius 2 is 2.07 bits per heavy atom. The van der Waals surface area contributed by atoms with E-state index in [1.54, 1.807) is 5.38 Å². The molecule has 6 nitrogen and oxygen atoms in total. The molecule has 27 heavy (non-hydrogen) atoms. The molecule has 0 spiro atoms. The van der Waals surface area contributed by atoms with Gasteiger partial charge in [-0.15, -0.1) is 11.3 Å². The van der Waals surface area contributed by atoms with Crippen LogP contribution in [-0.2, 0) is 12.7 Å². The first kappa shape index (κ1) is 20.7. The van der Waals surface area contributed by atoms with Gasteiger partial charge in [0.05, 0.1) is 22.9 Å². The molecule has 1 aromatic carbocycles. The van der Waals surface area contributed by atoms with E-state index in [9.17, 15) is 18.0 Å². The van der Waals surface area contributed by atoms with Crippen molar-refractivity contribution in [3.8, 4) is 6.07 Å². The van der Waals surface area contributed by atoms with Crippen LogP contribution in [0.3, 0.4) is 0 Å². The number of benzene rings is 1. The molecule has 2 rings (SSSR count). The van der Waals surface area contributed by atoms with Crippen LogP contribution in [0.15, 0.2) is 23.6 Å². The summed E-state index contributed by atoms with van der Waals surface area (Å²) in [6.07, 6.45) is -4.69. The Labute approximate surface area is 158 Å². The number of alkyl halides is 3. The van der Waals surface area contributed by atoms with Crippen LogP contribution in [0.5, 0.6) is 0 Å². The van der Waals surface area contributed by atoms with E-state index < -0.39 is 23.3 Å². The molecule has 0 fully saturated rings. The van der Waals surface area contributed by atoms with E-state index in [1.807, 2.05) is 0 Å². The maximum Gasteiger partial charge on any atom is 0.417 e. The molecule has 0 aliphatic rings. The van der Waals surface area contributed by atoms with Crippen molar-refractivity contribution in [3.05, 3.63) is 40.4 Å². The first-order chi connectivity index (χ1) is 12.7. The highest BCUT2D eigenvalue weighted by atomic mass is 32.1. The monoisotopic (exact) mass is 397 g/mol. The lowest BCUT2D eigenvalue weighted by molar-refractivity contribution is -0.137. The summed E-state index contributed by atoms with van der Waals surface area (Å²) in [6, 6.07) is 3.74. The molecule has 1 heterocycles. The highest BCUT2D eigenvalue weighted by molar-refractivity contribution is 7.13. The van der Waals surface area contributed by atoms with Crippen molar-refractivity contribution in [2.45, 2.75) is 26.6 Å². The van der Waals surface area contributed by atoms with E-state index in [2.05, 4.69) is 34.8 Å². The summed E-state index contributed by atoms with van der Waals surface area (Å²) in [5, 5.41) is 18.9. The number of nitrogens with one attached hydrogen (secondary N) is 3. The van der Waals surface area contributed by atoms with Gasteiger partial charge in [0.15, 0.2) is 5.13 Å². The minimum absolute atomic E-state index is 0.0748. The molecule has 144 valence electrons. The number of anilines is 2. The van der Waals surface area contributed by atoms with Crippen molar-refractivity contribution < 1.29 is 18.0 Å². The highest BCUT2D eigenvalue weighted by Gasteiger charge is 2.34. The topological polar surface area (TPSA) is 89.8 Å². The number of nitrogens with zero attached hydrogens (tertiary/aromatic N) is 2. The summed E-state index contributed by atoms with van der Waals surface area (Å²) < 4.78 is 38.9. The number of amides is 2. The zero-order chi connectivity index (χ0) is 20.0. The number of aromatic nitrogens is 1. The number of carbonyl (C=O) groups is 1. The van der Waals surface area contributed by atoms with Crippen LogP contribution in [0, 0.1) is 17.2 Å². The quantitative estimate of drug-likeness (QED) is 0.673. The number of thiazole rings is 1. The number of hydrogen-bond acceptors (Lipinski definition) is 5. The maximum atomic E-state index is 13.0. The fourth-order valence-corrected chi connectivity index (χ4v) is 2.85. The summed E-state index contributed by atoms with van der Waals surface area (Å²) in [4.78, 5) is 16.2. The third kappa shape index (κ3) is 6.23. The lowest BCUT2D eigenvalue weighted by atomic mass is 10.1. The molecule has 0 radical (unpaired) electrons. The summed E-state index contributed by atoms with van der Waals surface area (Å²) in [7, 11) is 0. The van der Waals surface area contributed by atoms with Crippen LogP contribution in [0.25, 0.3) is 0 Å². The molecular weight excluding hydrogens is 379 g/mol. The van der Waals surface area contributed by atoms with Crippen LogP contribution in [0.2, 0.25) is 0 Å². The van der Waals surface area contributed by atoms with Gasteiger partial charge >= 0.3 is 12.2 Å². The van der Waals surface area contributed by atoms with E-state index in [1.165, 1.54) is 23.5 Å². The van der Waals surface area contributed by atoms with E-state index in [4.69, 9.17) is 5.26 Å². The van der Waals surface area contributed by atoms with E-state index in [0.29, 0.717) is 17.6 Å². The summed E-state index contributed by atoms with van der Waals surface area (Å²) in [6.45, 7) is 5.56. The van der Waals surface area contributed by atoms with Gasteiger partial charge in [0.25, 0.3) is 0 Å². The Morgan fingerprint density at radius 1 is 1.33 bits per heavy atom. The first-order valence-electron chi connectivity index (χ1n) is 8.03. The molecule has 0 atom stereocenters. The number of urea groups is 1. The number of rotatable bonds is 6. The van der Waals surface area contributed by atoms with Crippen LogP contribution in [-0.4, -0.2) is 17.6 Å². The molecule has 10 heteroatoms. The molecule has 2 amide bonds. The normalized spacial score (nSPS) is 11.3. The first-order valence-corrected chi connectivity index (χ1v) is 8.91. The second-order valence-corrected chi connectivity index (χ2v) is 6.98. The summed E-state index contributed by atoms with van der Waals surface area (Å²) in [5.41, 5.74) is -0.926. The van der Waals surface area contributed by atoms with E-state index >= 15 is 0 Å². The van der Waals surface area contributed by atoms with Gasteiger partial charge in [0, 0.05) is 17.6 Å². The molecule has 0 aliphatic carbocycles. The fraction of sp³-hybridized carbons (Fsp3) is 0.353. The number of halogens is 3. The van der Waals surface area contributed by atoms with Crippen LogP contribution in [0.4, 0.5) is 28.8 Å². The fourth-order valence-electron chi connectivity index (χ4n) is 2.15. The van der Waals surface area contributed by atoms with Crippen molar-refractivity contribution in [2.24, 2.45) is 5.92 Å². The van der Waals surface area contributed by atoms with Gasteiger partial charge in [-0.3, -0.25) is 5.32 Å². The molecule has 0 aliphatic heterocycles. The molecule has 3 N–H and O–H groups in total. The van der Waals surface area contributed by atoms with Gasteiger partial charge in [0.1, 0.15) is 0 Å². The lowest BCUT2D eigenvalue weighted by Gasteiger charge is -2.11. The van der Waals surface area contributed by atoms with Crippen molar-refractivity contribution in [2.75, 3.05) is 17.2 Å². The van der Waals surface area contributed by atoms with Crippen molar-refractivity contribution >= 4 is 28.2 Å². The molecule has 0 bridgehead atoms. The summed E-state index contributed by atoms with van der Waals surface area (Å²) in [5.74, 6) is 0.501. The van der Waals surface area contributed by atoms with Gasteiger partial charge in [-0.1, -0.05) is 13.8 Å². The minimum atomic E-state index is -4.69. The maximum absolute atomic E-state index is 13.0. The average molecular weight is 397 g/mol. The Bertz CT molecular complexity index is 842. The number of hydrogen-bond donors (Lipinski definition) is 3. The smallest absolute Gasteiger partial charge is 0.311 e. The number of nitriles is 1. The Kier molecular flexibility index (Phi) is 6.76. The third-order valence-corrected chi connectivity index (χ3v) is 4.14. The zero-order valence-corrected chi connectivity index (χ0v) is 15.5. The molecule has 0 saturated carbocycles. The van der Waals surface area contributed by atoms with Crippen LogP contribution >= 0.6 is 11.3 Å². The Balaban J connectivity index is 1.98. The third-order valence-electron chi connectivity index (χ3n) is 3.33. The van der Waals surface area contributed by atoms with E-state index in [-0.39, 0.29) is 5.69 Å². The van der Waals surface area contributed by atoms with Gasteiger partial charge in [0.2, 0.25) is 0 Å². The molecule has 0 unspecified atom stereocenters. The van der Waals surface area contributed by atoms with Gasteiger partial charge in [-0.05, 0) is 30.7 Å². The van der Waals surface area contributed by atoms with Gasteiger partial charge in [-0.2, -0.15) is 18.4 Å². The molecule has 2 aromatic rings. The average Bonchev–Trinajstić information content (AvgIpc) is 3.00. The van der Waals surface area contributed by atoms with E-state index in [0.717, 1.165) is 24.4 Å². The largest absolute Gasteiger partial charge is 0.417 e. The predicted molar refractivity (Wildman–Crippen MR) is 97.5 cm³/mol. The lowest BCUT2D eigenvalue weighted by Crippen LogP contribution is -2.21. The molecule has 1 aromatic heterocycles. The molecular formula is C17H18F3N5OS. The second-order valence-electron chi connectivity index (χ2n) is 6.12. The SMILES string of the molecule is CC(C)CNCc1csc(NC(=O)Nc2ccc(C#N)c(C(F)(F)F)c2)n1. The number of carbonyl (C=O) groups excluding carboxylic acids is 1. The minimum Gasteiger partial charge on any atom is -0.311 e. The zero-order valence-electron chi connectivity index (χ0n) is 14.6. The predicted octanol–water partition coefficient (Wildman–Crippen LogP) is 4.42. The molecule has 0 saturated heterocycles. The van der Waals surface area contributed by atoms with Gasteiger partial charge < -0.3 is 10.6 Å². The van der Waals surface area contributed by atoms with Crippen LogP contribution in [0.1, 0.15) is 30.7 Å². The standard InChI is InChI=1S/C17H18F3N5OS/c1-10(2)7-22-8-13-9-27-16(24-13)25-15(26)23-12-4-3-11(6-21)14(5-12)17(18,19)20/h3-5,9-10,22H,7-8H2,1-2H3,(H2,23,24,25,26). The highest BCUT2D eigenvalue weighted by Crippen LogP contribution is 2.33.